The third-order valence-electron chi connectivity index (χ3n) is 2.48. The molecule has 0 fully saturated rings. The molecule has 0 bridgehead atoms. The van der Waals surface area contributed by atoms with Gasteiger partial charge in [-0.15, -0.1) is 0 Å². The van der Waals surface area contributed by atoms with Gasteiger partial charge in [0.25, 0.3) is 0 Å². The van der Waals surface area contributed by atoms with Gasteiger partial charge in [-0.25, -0.2) is 0 Å². The molecule has 0 saturated heterocycles. The summed E-state index contributed by atoms with van der Waals surface area (Å²) in [6.45, 7) is 9.97. The first-order chi connectivity index (χ1) is 7.74. The highest BCUT2D eigenvalue weighted by Gasteiger charge is 2.29. The Labute approximate surface area is 102 Å². The van der Waals surface area contributed by atoms with E-state index < -0.39 is 0 Å². The molecule has 0 N–H and O–H groups in total. The second-order valence-electron chi connectivity index (χ2n) is 3.61. The Morgan fingerprint density at radius 1 is 0.875 bits per heavy atom. The van der Waals surface area contributed by atoms with Gasteiger partial charge in [0, 0.05) is 32.8 Å². The van der Waals surface area contributed by atoms with E-state index in [0.29, 0.717) is 43.5 Å². The van der Waals surface area contributed by atoms with Gasteiger partial charge in [0.15, 0.2) is 0 Å². The van der Waals surface area contributed by atoms with E-state index in [0.717, 1.165) is 13.0 Å². The average molecular weight is 250 g/mol. The molecule has 0 amide bonds. The van der Waals surface area contributed by atoms with Crippen molar-refractivity contribution in [1.29, 1.82) is 0 Å². The first-order valence-corrected chi connectivity index (χ1v) is 6.84. The maximum atomic E-state index is 5.70. The van der Waals surface area contributed by atoms with Crippen LogP contribution < -0.4 is 0 Å². The molecule has 0 heterocycles. The van der Waals surface area contributed by atoms with Crippen LogP contribution in [0.5, 0.6) is 0 Å². The molecule has 0 unspecified atom stereocenters. The largest absolute Gasteiger partial charge is 0.418 e. The monoisotopic (exact) mass is 250 g/mol. The minimum absolute atomic E-state index is 0.312. The van der Waals surface area contributed by atoms with E-state index in [-0.39, 0.29) is 5.60 Å². The zero-order valence-corrected chi connectivity index (χ0v) is 13.1. The van der Waals surface area contributed by atoms with Crippen LogP contribution in [0.4, 0.5) is 0 Å². The van der Waals surface area contributed by atoms with Crippen molar-refractivity contribution < 1.29 is 18.6 Å². The Kier molecular flexibility index (Phi) is 10.3. The number of hydrogen-bond donors (Lipinski definition) is 0. The van der Waals surface area contributed by atoms with Gasteiger partial charge in [-0.05, 0) is 20.8 Å². The second kappa shape index (κ2) is 10.2. The summed E-state index contributed by atoms with van der Waals surface area (Å²) in [5.41, 5.74) is -0.312. The summed E-state index contributed by atoms with van der Waals surface area (Å²) in [4.78, 5) is 0. The lowest BCUT2D eigenvalue weighted by atomic mass is 10.0. The Morgan fingerprint density at radius 2 is 1.38 bits per heavy atom. The number of rotatable bonds is 11. The van der Waals surface area contributed by atoms with Crippen molar-refractivity contribution in [2.45, 2.75) is 32.8 Å². The van der Waals surface area contributed by atoms with Crippen molar-refractivity contribution in [2.24, 2.45) is 0 Å². The molecule has 4 nitrogen and oxygen atoms in total. The van der Waals surface area contributed by atoms with Gasteiger partial charge < -0.3 is 18.6 Å². The minimum Gasteiger partial charge on any atom is -0.418 e. The van der Waals surface area contributed by atoms with Crippen LogP contribution in [0.2, 0.25) is 0 Å². The first-order valence-electron chi connectivity index (χ1n) is 6.03. The molecule has 16 heavy (non-hydrogen) atoms. The van der Waals surface area contributed by atoms with Crippen LogP contribution in [0.3, 0.4) is 0 Å². The van der Waals surface area contributed by atoms with E-state index in [1.54, 1.807) is 0 Å². The molecule has 0 aromatic carbocycles. The molecular weight excluding hydrogens is 224 g/mol. The lowest BCUT2D eigenvalue weighted by molar-refractivity contribution is -0.0865. The fourth-order valence-corrected chi connectivity index (χ4v) is 1.82. The van der Waals surface area contributed by atoms with E-state index >= 15 is 0 Å². The van der Waals surface area contributed by atoms with Crippen molar-refractivity contribution in [3.63, 3.8) is 0 Å². The highest BCUT2D eigenvalue weighted by Crippen LogP contribution is 2.17. The third kappa shape index (κ3) is 6.60. The van der Waals surface area contributed by atoms with Crippen LogP contribution in [0.25, 0.3) is 0 Å². The summed E-state index contributed by atoms with van der Waals surface area (Å²) in [6.07, 6.45) is 0.824. The van der Waals surface area contributed by atoms with Crippen molar-refractivity contribution in [3.8, 4) is 0 Å². The van der Waals surface area contributed by atoms with E-state index in [1.165, 1.54) is 0 Å². The van der Waals surface area contributed by atoms with E-state index in [1.807, 2.05) is 20.8 Å². The van der Waals surface area contributed by atoms with Gasteiger partial charge in [0.1, 0.15) is 16.1 Å². The summed E-state index contributed by atoms with van der Waals surface area (Å²) in [5.74, 6) is 0. The average Bonchev–Trinajstić information content (AvgIpc) is 2.32. The molecule has 0 spiro atoms. The summed E-state index contributed by atoms with van der Waals surface area (Å²) >= 11 is 0. The Balaban J connectivity index is 4.16. The second-order valence-corrected chi connectivity index (χ2v) is 4.02. The van der Waals surface area contributed by atoms with Gasteiger partial charge in [-0.2, -0.15) is 0 Å². The van der Waals surface area contributed by atoms with Gasteiger partial charge in [0.2, 0.25) is 0 Å². The maximum Gasteiger partial charge on any atom is 0.147 e. The molecule has 0 rings (SSSR count). The fraction of sp³-hybridized carbons (Fsp3) is 1.00. The van der Waals surface area contributed by atoms with Gasteiger partial charge in [-0.3, -0.25) is 0 Å². The molecule has 0 radical (unpaired) electrons. The summed E-state index contributed by atoms with van der Waals surface area (Å²) < 4.78 is 22.0. The van der Waals surface area contributed by atoms with Crippen LogP contribution in [0.1, 0.15) is 27.2 Å². The number of hydrogen-bond acceptors (Lipinski definition) is 4. The smallest absolute Gasteiger partial charge is 0.147 e. The Bertz CT molecular complexity index is 147. The molecule has 5 heteroatoms. The van der Waals surface area contributed by atoms with Crippen LogP contribution in [0, 0.1) is 0 Å². The molecule has 0 aliphatic rings. The lowest BCUT2D eigenvalue weighted by Gasteiger charge is -2.32. The predicted octanol–water partition coefficient (Wildman–Crippen LogP) is 0.522. The summed E-state index contributed by atoms with van der Waals surface area (Å²) in [7, 11) is 0.682. The minimum atomic E-state index is -0.312. The molecule has 0 aromatic rings. The van der Waals surface area contributed by atoms with Crippen LogP contribution in [-0.2, 0) is 18.6 Å². The zero-order valence-electron chi connectivity index (χ0n) is 11.1. The van der Waals surface area contributed by atoms with Crippen LogP contribution in [-0.4, -0.2) is 55.7 Å². The SMILES string of the molecule is CCOCCC(COCC)(COCC)O[SiH3]. The molecule has 0 aliphatic carbocycles. The normalized spacial score (nSPS) is 12.2. The van der Waals surface area contributed by atoms with Gasteiger partial charge in [0.05, 0.1) is 13.2 Å². The van der Waals surface area contributed by atoms with Crippen LogP contribution in [0.15, 0.2) is 0 Å². The highest BCUT2D eigenvalue weighted by atomic mass is 28.2. The Morgan fingerprint density at radius 3 is 1.75 bits per heavy atom. The molecule has 98 valence electrons. The van der Waals surface area contributed by atoms with Gasteiger partial charge in [-0.1, -0.05) is 0 Å². The zero-order chi connectivity index (χ0) is 12.3. The van der Waals surface area contributed by atoms with Gasteiger partial charge >= 0.3 is 0 Å². The molecule has 0 aliphatic heterocycles. The Hall–Kier alpha value is 0.0569. The van der Waals surface area contributed by atoms with E-state index in [9.17, 15) is 0 Å². The molecular formula is C11H26O4Si. The molecule has 0 saturated carbocycles. The van der Waals surface area contributed by atoms with Crippen molar-refractivity contribution in [2.75, 3.05) is 39.6 Å². The topological polar surface area (TPSA) is 36.9 Å². The quantitative estimate of drug-likeness (QED) is 0.396. The van der Waals surface area contributed by atoms with E-state index in [4.69, 9.17) is 18.6 Å². The maximum absolute atomic E-state index is 5.70. The predicted molar refractivity (Wildman–Crippen MR) is 67.9 cm³/mol. The third-order valence-corrected chi connectivity index (χ3v) is 3.34. The van der Waals surface area contributed by atoms with Crippen molar-refractivity contribution in [1.82, 2.24) is 0 Å². The first kappa shape index (κ1) is 16.1. The summed E-state index contributed by atoms with van der Waals surface area (Å²) in [5, 5.41) is 0. The van der Waals surface area contributed by atoms with Crippen LogP contribution >= 0.6 is 0 Å². The molecule has 0 atom stereocenters. The molecule has 0 aromatic heterocycles. The highest BCUT2D eigenvalue weighted by molar-refractivity contribution is 5.98. The van der Waals surface area contributed by atoms with Crippen molar-refractivity contribution >= 4 is 10.5 Å². The fourth-order valence-electron chi connectivity index (χ4n) is 1.38. The van der Waals surface area contributed by atoms with E-state index in [2.05, 4.69) is 0 Å². The summed E-state index contributed by atoms with van der Waals surface area (Å²) in [6, 6.07) is 0. The number of ether oxygens (including phenoxy) is 3. The van der Waals surface area contributed by atoms with Crippen molar-refractivity contribution in [3.05, 3.63) is 0 Å². The lowest BCUT2D eigenvalue weighted by Crippen LogP contribution is -2.43. The standard InChI is InChI=1S/C11H26O4Si/c1-4-12-8-7-11(15-16,9-13-5-2)10-14-6-3/h4-10H2,1-3,16H3.